The molecule has 0 aliphatic rings. The third-order valence-electron chi connectivity index (χ3n) is 1.70. The first-order chi connectivity index (χ1) is 6.34. The zero-order chi connectivity index (χ0) is 9.52. The molecule has 1 nitrogen and oxygen atoms in total. The average Bonchev–Trinajstić information content (AvgIpc) is 2.19. The molecule has 0 aliphatic heterocycles. The molecule has 0 amide bonds. The van der Waals surface area contributed by atoms with Crippen molar-refractivity contribution in [2.45, 2.75) is 13.3 Å². The second kappa shape index (κ2) is 5.20. The van der Waals surface area contributed by atoms with Crippen LogP contribution in [-0.4, -0.2) is 5.11 Å². The molecule has 0 unspecified atom stereocenters. The summed E-state index contributed by atoms with van der Waals surface area (Å²) in [5.41, 5.74) is 0.850. The van der Waals surface area contributed by atoms with Gasteiger partial charge in [0, 0.05) is 5.56 Å². The van der Waals surface area contributed by atoms with Crippen LogP contribution in [0.5, 0.6) is 0 Å². The zero-order valence-corrected chi connectivity index (χ0v) is 7.77. The fourth-order valence-corrected chi connectivity index (χ4v) is 1.00. The first-order valence-corrected chi connectivity index (χ1v) is 4.45. The second-order valence-electron chi connectivity index (χ2n) is 2.75. The smallest absolute Gasteiger partial charge is 0.122 e. The van der Waals surface area contributed by atoms with Crippen LogP contribution < -0.4 is 0 Å². The van der Waals surface area contributed by atoms with Gasteiger partial charge in [-0.3, -0.25) is 0 Å². The van der Waals surface area contributed by atoms with E-state index in [2.05, 4.69) is 6.92 Å². The lowest BCUT2D eigenvalue weighted by Gasteiger charge is -1.96. The predicted molar refractivity (Wildman–Crippen MR) is 56.5 cm³/mol. The minimum atomic E-state index is 0.310. The van der Waals surface area contributed by atoms with Gasteiger partial charge in [0.05, 0.1) is 0 Å². The van der Waals surface area contributed by atoms with E-state index in [1.807, 2.05) is 42.5 Å². The number of rotatable bonds is 3. The number of hydrogen-bond donors (Lipinski definition) is 1. The van der Waals surface area contributed by atoms with Crippen LogP contribution in [0.25, 0.3) is 5.76 Å². The molecule has 0 radical (unpaired) electrons. The molecule has 0 bridgehead atoms. The van der Waals surface area contributed by atoms with Crippen LogP contribution in [0.1, 0.15) is 18.9 Å². The van der Waals surface area contributed by atoms with Crippen LogP contribution in [0, 0.1) is 0 Å². The number of hydrogen-bond acceptors (Lipinski definition) is 1. The van der Waals surface area contributed by atoms with Crippen LogP contribution in [0.4, 0.5) is 0 Å². The molecule has 1 heteroatoms. The number of aliphatic hydroxyl groups is 1. The van der Waals surface area contributed by atoms with Crippen molar-refractivity contribution in [1.29, 1.82) is 0 Å². The Morgan fingerprint density at radius 1 is 1.31 bits per heavy atom. The summed E-state index contributed by atoms with van der Waals surface area (Å²) in [6, 6.07) is 9.50. The van der Waals surface area contributed by atoms with Crippen molar-refractivity contribution in [3.8, 4) is 0 Å². The number of benzene rings is 1. The Balaban J connectivity index is 2.73. The summed E-state index contributed by atoms with van der Waals surface area (Å²) in [6.45, 7) is 2.06. The molecule has 0 saturated carbocycles. The van der Waals surface area contributed by atoms with Crippen molar-refractivity contribution >= 4 is 5.76 Å². The lowest BCUT2D eigenvalue weighted by molar-refractivity contribution is 0.512. The lowest BCUT2D eigenvalue weighted by Crippen LogP contribution is -1.79. The Bertz CT molecular complexity index is 296. The normalized spacial score (nSPS) is 12.2. The van der Waals surface area contributed by atoms with E-state index < -0.39 is 0 Å². The SMILES string of the molecule is CC/C=C\C=C(\O)c1ccccc1. The first-order valence-electron chi connectivity index (χ1n) is 4.45. The number of aliphatic hydroxyl groups excluding tert-OH is 1. The van der Waals surface area contributed by atoms with Gasteiger partial charge in [-0.05, 0) is 12.5 Å². The lowest BCUT2D eigenvalue weighted by atomic mass is 10.2. The summed E-state index contributed by atoms with van der Waals surface area (Å²) in [7, 11) is 0. The van der Waals surface area contributed by atoms with Gasteiger partial charge in [0.25, 0.3) is 0 Å². The predicted octanol–water partition coefficient (Wildman–Crippen LogP) is 3.55. The monoisotopic (exact) mass is 174 g/mol. The highest BCUT2D eigenvalue weighted by Crippen LogP contribution is 2.09. The van der Waals surface area contributed by atoms with E-state index in [0.29, 0.717) is 5.76 Å². The zero-order valence-electron chi connectivity index (χ0n) is 7.77. The van der Waals surface area contributed by atoms with Gasteiger partial charge in [-0.15, -0.1) is 0 Å². The molecule has 68 valence electrons. The summed E-state index contributed by atoms with van der Waals surface area (Å²) in [5.74, 6) is 0.310. The van der Waals surface area contributed by atoms with Gasteiger partial charge < -0.3 is 5.11 Å². The molecule has 1 aromatic rings. The topological polar surface area (TPSA) is 20.2 Å². The van der Waals surface area contributed by atoms with Gasteiger partial charge in [-0.1, -0.05) is 49.4 Å². The van der Waals surface area contributed by atoms with Crippen molar-refractivity contribution in [3.63, 3.8) is 0 Å². The summed E-state index contributed by atoms with van der Waals surface area (Å²) >= 11 is 0. The largest absolute Gasteiger partial charge is 0.507 e. The van der Waals surface area contributed by atoms with E-state index in [9.17, 15) is 5.11 Å². The molecule has 0 aliphatic carbocycles. The molecular weight excluding hydrogens is 160 g/mol. The first kappa shape index (κ1) is 9.59. The van der Waals surface area contributed by atoms with Crippen LogP contribution in [-0.2, 0) is 0 Å². The van der Waals surface area contributed by atoms with Crippen molar-refractivity contribution < 1.29 is 5.11 Å². The Hall–Kier alpha value is -1.50. The minimum Gasteiger partial charge on any atom is -0.507 e. The molecule has 13 heavy (non-hydrogen) atoms. The third kappa shape index (κ3) is 3.16. The maximum atomic E-state index is 9.56. The molecule has 1 N–H and O–H groups in total. The minimum absolute atomic E-state index is 0.310. The fraction of sp³-hybridized carbons (Fsp3) is 0.167. The van der Waals surface area contributed by atoms with Crippen molar-refractivity contribution in [1.82, 2.24) is 0 Å². The summed E-state index contributed by atoms with van der Waals surface area (Å²) in [6.07, 6.45) is 6.55. The maximum absolute atomic E-state index is 9.56. The Morgan fingerprint density at radius 2 is 2.00 bits per heavy atom. The van der Waals surface area contributed by atoms with Crippen molar-refractivity contribution in [2.75, 3.05) is 0 Å². The van der Waals surface area contributed by atoms with Crippen molar-refractivity contribution in [3.05, 3.63) is 54.1 Å². The molecule has 1 rings (SSSR count). The van der Waals surface area contributed by atoms with E-state index in [1.54, 1.807) is 6.08 Å². The third-order valence-corrected chi connectivity index (χ3v) is 1.70. The van der Waals surface area contributed by atoms with Crippen LogP contribution in [0.3, 0.4) is 0 Å². The van der Waals surface area contributed by atoms with Gasteiger partial charge in [-0.2, -0.15) is 0 Å². The highest BCUT2D eigenvalue weighted by Gasteiger charge is 1.93. The van der Waals surface area contributed by atoms with Gasteiger partial charge in [0.1, 0.15) is 5.76 Å². The van der Waals surface area contributed by atoms with Crippen molar-refractivity contribution in [2.24, 2.45) is 0 Å². The molecule has 0 heterocycles. The van der Waals surface area contributed by atoms with E-state index >= 15 is 0 Å². The highest BCUT2D eigenvalue weighted by molar-refractivity contribution is 5.59. The maximum Gasteiger partial charge on any atom is 0.122 e. The van der Waals surface area contributed by atoms with Crippen LogP contribution in [0.15, 0.2) is 48.6 Å². The summed E-state index contributed by atoms with van der Waals surface area (Å²) < 4.78 is 0. The summed E-state index contributed by atoms with van der Waals surface area (Å²) in [5, 5.41) is 9.56. The van der Waals surface area contributed by atoms with Crippen LogP contribution >= 0.6 is 0 Å². The second-order valence-corrected chi connectivity index (χ2v) is 2.75. The molecule has 0 fully saturated rings. The van der Waals surface area contributed by atoms with Gasteiger partial charge in [-0.25, -0.2) is 0 Å². The molecule has 0 atom stereocenters. The molecule has 0 saturated heterocycles. The van der Waals surface area contributed by atoms with Gasteiger partial charge in [0.15, 0.2) is 0 Å². The van der Waals surface area contributed by atoms with Gasteiger partial charge >= 0.3 is 0 Å². The Labute approximate surface area is 79.0 Å². The number of allylic oxidation sites excluding steroid dienone is 3. The fourth-order valence-electron chi connectivity index (χ4n) is 1.00. The Morgan fingerprint density at radius 3 is 2.62 bits per heavy atom. The van der Waals surface area contributed by atoms with E-state index in [0.717, 1.165) is 12.0 Å². The average molecular weight is 174 g/mol. The Kier molecular flexibility index (Phi) is 3.83. The quantitative estimate of drug-likeness (QED) is 0.548. The molecule has 1 aromatic carbocycles. The standard InChI is InChI=1S/C12H14O/c1-2-3-5-10-12(13)11-8-6-4-7-9-11/h3-10,13H,2H2,1H3/b5-3-,12-10+. The molecular formula is C12H14O. The van der Waals surface area contributed by atoms with Crippen LogP contribution in [0.2, 0.25) is 0 Å². The van der Waals surface area contributed by atoms with Gasteiger partial charge in [0.2, 0.25) is 0 Å². The van der Waals surface area contributed by atoms with E-state index in [1.165, 1.54) is 0 Å². The van der Waals surface area contributed by atoms with E-state index in [4.69, 9.17) is 0 Å². The molecule has 0 spiro atoms. The summed E-state index contributed by atoms with van der Waals surface area (Å²) in [4.78, 5) is 0. The molecule has 0 aromatic heterocycles. The van der Waals surface area contributed by atoms with E-state index in [-0.39, 0.29) is 0 Å². The highest BCUT2D eigenvalue weighted by atomic mass is 16.3.